The fourth-order valence-corrected chi connectivity index (χ4v) is 1.25. The molecule has 2 atom stereocenters. The van der Waals surface area contributed by atoms with Gasteiger partial charge in [0.1, 0.15) is 17.9 Å². The van der Waals surface area contributed by atoms with Crippen molar-refractivity contribution in [2.24, 2.45) is 5.73 Å². The van der Waals surface area contributed by atoms with Crippen LogP contribution < -0.4 is 10.5 Å². The minimum Gasteiger partial charge on any atom is -0.488 e. The minimum atomic E-state index is -0.805. The Morgan fingerprint density at radius 3 is 2.44 bits per heavy atom. The first-order valence-corrected chi connectivity index (χ1v) is 5.18. The maximum Gasteiger partial charge on any atom is 0.326 e. The summed E-state index contributed by atoms with van der Waals surface area (Å²) in [5, 5.41) is 0.622. The zero-order valence-corrected chi connectivity index (χ0v) is 9.90. The highest BCUT2D eigenvalue weighted by Gasteiger charge is 2.22. The number of halogens is 1. The molecular formula is C11H14ClNO3. The average Bonchev–Trinajstić information content (AvgIpc) is 2.30. The van der Waals surface area contributed by atoms with Crippen molar-refractivity contribution in [1.82, 2.24) is 0 Å². The molecule has 2 N–H and O–H groups in total. The van der Waals surface area contributed by atoms with Gasteiger partial charge in [0, 0.05) is 5.02 Å². The molecule has 4 nitrogen and oxygen atoms in total. The van der Waals surface area contributed by atoms with Crippen molar-refractivity contribution < 1.29 is 14.3 Å². The third-order valence-corrected chi connectivity index (χ3v) is 2.37. The molecule has 0 spiro atoms. The first-order valence-electron chi connectivity index (χ1n) is 4.80. The van der Waals surface area contributed by atoms with Gasteiger partial charge in [-0.1, -0.05) is 11.6 Å². The maximum atomic E-state index is 11.1. The number of carbonyl (C=O) groups excluding carboxylic acids is 1. The van der Waals surface area contributed by atoms with Gasteiger partial charge in [0.2, 0.25) is 0 Å². The van der Waals surface area contributed by atoms with Crippen LogP contribution in [0.4, 0.5) is 0 Å². The summed E-state index contributed by atoms with van der Waals surface area (Å²) in [5.41, 5.74) is 5.62. The maximum absolute atomic E-state index is 11.1. The first kappa shape index (κ1) is 12.8. The molecule has 0 amide bonds. The number of rotatable bonds is 4. The molecule has 0 fully saturated rings. The van der Waals surface area contributed by atoms with E-state index in [1.54, 1.807) is 31.2 Å². The first-order chi connectivity index (χ1) is 7.54. The van der Waals surface area contributed by atoms with Gasteiger partial charge in [0.25, 0.3) is 0 Å². The second-order valence-corrected chi connectivity index (χ2v) is 3.76. The second-order valence-electron chi connectivity index (χ2n) is 3.33. The summed E-state index contributed by atoms with van der Waals surface area (Å²) in [4.78, 5) is 11.1. The monoisotopic (exact) mass is 243 g/mol. The van der Waals surface area contributed by atoms with E-state index in [0.717, 1.165) is 0 Å². The number of methoxy groups -OCH3 is 1. The van der Waals surface area contributed by atoms with Gasteiger partial charge in [-0.2, -0.15) is 0 Å². The van der Waals surface area contributed by atoms with Crippen LogP contribution in [0.3, 0.4) is 0 Å². The van der Waals surface area contributed by atoms with E-state index in [-0.39, 0.29) is 0 Å². The highest BCUT2D eigenvalue weighted by atomic mass is 35.5. The van der Waals surface area contributed by atoms with E-state index >= 15 is 0 Å². The van der Waals surface area contributed by atoms with Crippen LogP contribution in [0.5, 0.6) is 5.75 Å². The Bertz CT molecular complexity index is 353. The third-order valence-electron chi connectivity index (χ3n) is 2.11. The van der Waals surface area contributed by atoms with Crippen LogP contribution in [-0.2, 0) is 9.53 Å². The summed E-state index contributed by atoms with van der Waals surface area (Å²) in [6.07, 6.45) is -0.464. The lowest BCUT2D eigenvalue weighted by Crippen LogP contribution is -2.44. The SMILES string of the molecule is COC(=O)C(N)C(C)Oc1ccc(Cl)cc1. The summed E-state index contributed by atoms with van der Waals surface area (Å²) in [5.74, 6) is 0.109. The molecule has 0 heterocycles. The summed E-state index contributed by atoms with van der Waals surface area (Å²) in [6.45, 7) is 1.70. The predicted molar refractivity (Wildman–Crippen MR) is 61.5 cm³/mol. The number of ether oxygens (including phenoxy) is 2. The van der Waals surface area contributed by atoms with Crippen molar-refractivity contribution in [1.29, 1.82) is 0 Å². The highest BCUT2D eigenvalue weighted by Crippen LogP contribution is 2.17. The average molecular weight is 244 g/mol. The van der Waals surface area contributed by atoms with E-state index in [9.17, 15) is 4.79 Å². The molecule has 1 rings (SSSR count). The summed E-state index contributed by atoms with van der Waals surface area (Å²) >= 11 is 5.73. The highest BCUT2D eigenvalue weighted by molar-refractivity contribution is 6.30. The lowest BCUT2D eigenvalue weighted by molar-refractivity contribution is -0.144. The lowest BCUT2D eigenvalue weighted by atomic mass is 10.2. The Morgan fingerprint density at radius 2 is 1.94 bits per heavy atom. The van der Waals surface area contributed by atoms with Crippen molar-refractivity contribution in [3.05, 3.63) is 29.3 Å². The molecule has 0 aliphatic carbocycles. The van der Waals surface area contributed by atoms with E-state index in [4.69, 9.17) is 22.1 Å². The standard InChI is InChI=1S/C11H14ClNO3/c1-7(10(13)11(14)15-2)16-9-5-3-8(12)4-6-9/h3-7,10H,13H2,1-2H3. The van der Waals surface area contributed by atoms with Crippen LogP contribution in [-0.4, -0.2) is 25.2 Å². The van der Waals surface area contributed by atoms with E-state index in [2.05, 4.69) is 4.74 Å². The summed E-state index contributed by atoms with van der Waals surface area (Å²) < 4.78 is 9.99. The van der Waals surface area contributed by atoms with Gasteiger partial charge in [-0.15, -0.1) is 0 Å². The molecule has 0 aliphatic heterocycles. The molecule has 1 aromatic rings. The van der Waals surface area contributed by atoms with Gasteiger partial charge < -0.3 is 15.2 Å². The van der Waals surface area contributed by atoms with Gasteiger partial charge >= 0.3 is 5.97 Å². The molecule has 16 heavy (non-hydrogen) atoms. The van der Waals surface area contributed by atoms with Crippen LogP contribution in [0.1, 0.15) is 6.92 Å². The number of carbonyl (C=O) groups is 1. The fraction of sp³-hybridized carbons (Fsp3) is 0.364. The molecule has 5 heteroatoms. The van der Waals surface area contributed by atoms with Crippen molar-refractivity contribution >= 4 is 17.6 Å². The second kappa shape index (κ2) is 5.72. The third kappa shape index (κ3) is 3.40. The van der Waals surface area contributed by atoms with Crippen LogP contribution in [0.15, 0.2) is 24.3 Å². The van der Waals surface area contributed by atoms with Gasteiger partial charge in [-0.05, 0) is 31.2 Å². The molecule has 88 valence electrons. The van der Waals surface area contributed by atoms with Crippen molar-refractivity contribution in [3.63, 3.8) is 0 Å². The van der Waals surface area contributed by atoms with E-state index in [0.29, 0.717) is 10.8 Å². The van der Waals surface area contributed by atoms with Crippen LogP contribution in [0.25, 0.3) is 0 Å². The number of nitrogens with two attached hydrogens (primary N) is 1. The van der Waals surface area contributed by atoms with Crippen molar-refractivity contribution in [3.8, 4) is 5.75 Å². The Labute approximate surface area is 99.3 Å². The van der Waals surface area contributed by atoms with Crippen LogP contribution >= 0.6 is 11.6 Å². The molecular weight excluding hydrogens is 230 g/mol. The molecule has 0 aliphatic rings. The number of esters is 1. The van der Waals surface area contributed by atoms with Crippen LogP contribution in [0, 0.1) is 0 Å². The number of benzene rings is 1. The molecule has 1 aromatic carbocycles. The number of hydrogen-bond donors (Lipinski definition) is 1. The Kier molecular flexibility index (Phi) is 4.58. The molecule has 0 saturated carbocycles. The zero-order valence-electron chi connectivity index (χ0n) is 9.14. The van der Waals surface area contributed by atoms with Gasteiger partial charge in [0.15, 0.2) is 0 Å². The lowest BCUT2D eigenvalue weighted by Gasteiger charge is -2.19. The van der Waals surface area contributed by atoms with Gasteiger partial charge in [0.05, 0.1) is 7.11 Å². The number of hydrogen-bond acceptors (Lipinski definition) is 4. The van der Waals surface area contributed by atoms with Crippen LogP contribution in [0.2, 0.25) is 5.02 Å². The molecule has 0 bridgehead atoms. The zero-order chi connectivity index (χ0) is 12.1. The predicted octanol–water partition coefficient (Wildman–Crippen LogP) is 1.61. The topological polar surface area (TPSA) is 61.5 Å². The summed E-state index contributed by atoms with van der Waals surface area (Å²) in [7, 11) is 1.29. The minimum absolute atomic E-state index is 0.464. The molecule has 2 unspecified atom stereocenters. The Hall–Kier alpha value is -1.26. The smallest absolute Gasteiger partial charge is 0.326 e. The van der Waals surface area contributed by atoms with Crippen molar-refractivity contribution in [2.75, 3.05) is 7.11 Å². The quantitative estimate of drug-likeness (QED) is 0.817. The van der Waals surface area contributed by atoms with E-state index in [1.165, 1.54) is 7.11 Å². The van der Waals surface area contributed by atoms with Gasteiger partial charge in [-0.3, -0.25) is 4.79 Å². The normalized spacial score (nSPS) is 14.0. The molecule has 0 saturated heterocycles. The van der Waals surface area contributed by atoms with E-state index < -0.39 is 18.1 Å². The summed E-state index contributed by atoms with van der Waals surface area (Å²) in [6, 6.07) is 6.02. The Balaban J connectivity index is 2.60. The largest absolute Gasteiger partial charge is 0.488 e. The Morgan fingerprint density at radius 1 is 1.38 bits per heavy atom. The van der Waals surface area contributed by atoms with E-state index in [1.807, 2.05) is 0 Å². The fourth-order valence-electron chi connectivity index (χ4n) is 1.13. The molecule has 0 radical (unpaired) electrons. The molecule has 0 aromatic heterocycles. The van der Waals surface area contributed by atoms with Gasteiger partial charge in [-0.25, -0.2) is 0 Å². The van der Waals surface area contributed by atoms with Crippen molar-refractivity contribution in [2.45, 2.75) is 19.1 Å².